The predicted octanol–water partition coefficient (Wildman–Crippen LogP) is -2.81. The Morgan fingerprint density at radius 3 is 2.42 bits per heavy atom. The molecule has 8 unspecified atom stereocenters. The van der Waals surface area contributed by atoms with E-state index in [1.807, 2.05) is 0 Å². The number of nitrogens with two attached hydrogens (primary N) is 2. The number of hydrogen-bond acceptors (Lipinski definition) is 22. The average molecular weight is 675 g/mol. The van der Waals surface area contributed by atoms with Crippen molar-refractivity contribution in [1.82, 2.24) is 19.5 Å². The second kappa shape index (κ2) is 13.0. The van der Waals surface area contributed by atoms with Gasteiger partial charge in [0.2, 0.25) is 0 Å². The molecule has 240 valence electrons. The van der Waals surface area contributed by atoms with E-state index >= 15 is 0 Å². The number of fused-ring (bicyclic) bond motifs is 1. The van der Waals surface area contributed by atoms with E-state index in [1.54, 1.807) is 0 Å². The lowest BCUT2D eigenvalue weighted by molar-refractivity contribution is -0.250. The SMILES string of the molecule is NOC1CC(N=O)CC(N=O)C1OC1[C@@H](COP(=O)([O-])OP(=O)([O-])OP(=O)([O-])O)O[C@@H](n2cnc3c(N)ncnc32)[C@H]1O. The highest BCUT2D eigenvalue weighted by Gasteiger charge is 2.51. The first-order chi connectivity index (χ1) is 20.1. The van der Waals surface area contributed by atoms with Crippen LogP contribution in [0, 0.1) is 9.81 Å². The molecule has 4 rings (SSSR count). The van der Waals surface area contributed by atoms with Crippen LogP contribution in [0.4, 0.5) is 5.82 Å². The molecular weight excluding hydrogens is 653 g/mol. The molecule has 27 heteroatoms. The summed E-state index contributed by atoms with van der Waals surface area (Å²) in [4.78, 5) is 82.3. The molecule has 1 aliphatic heterocycles. The minimum absolute atomic E-state index is 0.0356. The normalized spacial score (nSPS) is 33.8. The Labute approximate surface area is 239 Å². The fourth-order valence-corrected chi connectivity index (χ4v) is 7.50. The Morgan fingerprint density at radius 2 is 1.79 bits per heavy atom. The van der Waals surface area contributed by atoms with Crippen LogP contribution in [-0.4, -0.2) is 78.7 Å². The zero-order valence-electron chi connectivity index (χ0n) is 21.2. The first kappa shape index (κ1) is 33.6. The zero-order valence-corrected chi connectivity index (χ0v) is 23.9. The molecule has 2 aromatic heterocycles. The van der Waals surface area contributed by atoms with Crippen molar-refractivity contribution in [2.75, 3.05) is 12.3 Å². The maximum absolute atomic E-state index is 12.2. The molecule has 2 fully saturated rings. The number of nitroso groups, excluding NO2 is 2. The summed E-state index contributed by atoms with van der Waals surface area (Å²) < 4.78 is 58.6. The Morgan fingerprint density at radius 1 is 1.07 bits per heavy atom. The molecule has 24 nitrogen and oxygen atoms in total. The summed E-state index contributed by atoms with van der Waals surface area (Å²) in [5, 5.41) is 17.0. The van der Waals surface area contributed by atoms with Crippen LogP contribution in [0.5, 0.6) is 0 Å². The summed E-state index contributed by atoms with van der Waals surface area (Å²) in [5.41, 5.74) is 5.94. The van der Waals surface area contributed by atoms with Crippen molar-refractivity contribution in [2.24, 2.45) is 16.3 Å². The Kier molecular flexibility index (Phi) is 10.2. The van der Waals surface area contributed by atoms with Crippen molar-refractivity contribution in [2.45, 2.75) is 61.7 Å². The van der Waals surface area contributed by atoms with Gasteiger partial charge >= 0.3 is 0 Å². The van der Waals surface area contributed by atoms with E-state index in [0.29, 0.717) is 0 Å². The van der Waals surface area contributed by atoms with Crippen molar-refractivity contribution < 1.29 is 65.8 Å². The number of phosphoric ester groups is 1. The largest absolute Gasteiger partial charge is 0.756 e. The zero-order chi connectivity index (χ0) is 31.7. The Hall–Kier alpha value is -2.24. The van der Waals surface area contributed by atoms with Crippen LogP contribution in [0.1, 0.15) is 19.1 Å². The molecule has 0 amide bonds. The van der Waals surface area contributed by atoms with Crippen LogP contribution in [-0.2, 0) is 41.2 Å². The van der Waals surface area contributed by atoms with Crippen molar-refractivity contribution in [3.05, 3.63) is 22.5 Å². The van der Waals surface area contributed by atoms with Gasteiger partial charge in [-0.15, -0.1) is 0 Å². The summed E-state index contributed by atoms with van der Waals surface area (Å²) in [6.45, 7) is -1.16. The number of ether oxygens (including phenoxy) is 2. The third-order valence-electron chi connectivity index (χ3n) is 6.31. The van der Waals surface area contributed by atoms with Crippen molar-refractivity contribution in [1.29, 1.82) is 0 Å². The number of hydrogen-bond donors (Lipinski definition) is 4. The Bertz CT molecular complexity index is 1480. The number of rotatable bonds is 13. The van der Waals surface area contributed by atoms with Gasteiger partial charge in [-0.25, -0.2) is 29.5 Å². The number of anilines is 1. The smallest absolute Gasteiger partial charge is 0.280 e. The van der Waals surface area contributed by atoms with Gasteiger partial charge < -0.3 is 44.4 Å². The third-order valence-corrected chi connectivity index (χ3v) is 10.00. The highest BCUT2D eigenvalue weighted by molar-refractivity contribution is 7.65. The number of phosphoric acid groups is 3. The van der Waals surface area contributed by atoms with Gasteiger partial charge in [0, 0.05) is 12.8 Å². The quantitative estimate of drug-likeness (QED) is 0.0945. The lowest BCUT2D eigenvalue weighted by Crippen LogP contribution is -2.52. The fourth-order valence-electron chi connectivity index (χ4n) is 4.60. The number of nitrogens with zero attached hydrogens (tertiary/aromatic N) is 6. The minimum Gasteiger partial charge on any atom is -0.756 e. The molecule has 6 N–H and O–H groups in total. The van der Waals surface area contributed by atoms with Gasteiger partial charge in [0.25, 0.3) is 23.5 Å². The molecule has 2 aliphatic rings. The topological polar surface area (TPSA) is 371 Å². The van der Waals surface area contributed by atoms with Crippen molar-refractivity contribution in [3.63, 3.8) is 0 Å². The van der Waals surface area contributed by atoms with Gasteiger partial charge in [0.05, 0.1) is 19.0 Å². The lowest BCUT2D eigenvalue weighted by atomic mass is 9.86. The van der Waals surface area contributed by atoms with Crippen molar-refractivity contribution >= 4 is 40.4 Å². The van der Waals surface area contributed by atoms with E-state index in [9.17, 15) is 43.3 Å². The van der Waals surface area contributed by atoms with Crippen molar-refractivity contribution in [3.8, 4) is 0 Å². The van der Waals surface area contributed by atoms with E-state index in [1.165, 1.54) is 4.57 Å². The maximum atomic E-state index is 12.2. The number of aromatic nitrogens is 4. The van der Waals surface area contributed by atoms with Gasteiger partial charge in [0.15, 0.2) is 17.7 Å². The molecule has 0 spiro atoms. The standard InChI is InChI=1S/C16H25N8O16P3/c17-14-10-15(20-4-19-14)24(5-21-10)16-11(25)13(37-12-7(23-27)1-6(22-26)2-8(12)38-18)9(36-16)3-35-42(31,32)40-43(33,34)39-41(28,29)30/h4-9,11-13,16,25H,1-3,18H2,(H,31,32)(H,33,34)(H2,17,19,20)(H2,28,29,30)/p-3/t6?,7?,8?,9-,11+,12?,13?,16-/m1/s1. The maximum Gasteiger partial charge on any atom is 0.280 e. The number of imidazole rings is 1. The molecule has 1 saturated heterocycles. The van der Waals surface area contributed by atoms with E-state index in [2.05, 4.69) is 38.5 Å². The predicted molar refractivity (Wildman–Crippen MR) is 129 cm³/mol. The molecule has 0 radical (unpaired) electrons. The summed E-state index contributed by atoms with van der Waals surface area (Å²) >= 11 is 0. The van der Waals surface area contributed by atoms with Gasteiger partial charge in [-0.2, -0.15) is 9.81 Å². The number of nitrogen functional groups attached to an aromatic ring is 1. The summed E-state index contributed by atoms with van der Waals surface area (Å²) in [7, 11) is -18.2. The molecule has 0 bridgehead atoms. The van der Waals surface area contributed by atoms with Gasteiger partial charge in [-0.05, 0) is 0 Å². The highest BCUT2D eigenvalue weighted by atomic mass is 31.3. The van der Waals surface area contributed by atoms with Crippen LogP contribution in [0.2, 0.25) is 0 Å². The second-order valence-corrected chi connectivity index (χ2v) is 13.4. The first-order valence-electron chi connectivity index (χ1n) is 11.7. The number of aliphatic hydroxyl groups is 1. The van der Waals surface area contributed by atoms with Crippen LogP contribution in [0.3, 0.4) is 0 Å². The number of aliphatic hydroxyl groups excluding tert-OH is 1. The summed E-state index contributed by atoms with van der Waals surface area (Å²) in [6, 6.07) is -2.22. The average Bonchev–Trinajstić information content (AvgIpc) is 3.47. The van der Waals surface area contributed by atoms with E-state index in [4.69, 9.17) is 30.8 Å². The monoisotopic (exact) mass is 675 g/mol. The Balaban J connectivity index is 1.62. The van der Waals surface area contributed by atoms with E-state index in [-0.39, 0.29) is 29.8 Å². The molecule has 3 heterocycles. The molecule has 43 heavy (non-hydrogen) atoms. The first-order valence-corrected chi connectivity index (χ1v) is 16.1. The molecule has 0 aromatic carbocycles. The second-order valence-electron chi connectivity index (χ2n) is 9.10. The van der Waals surface area contributed by atoms with Gasteiger partial charge in [-0.1, -0.05) is 10.4 Å². The molecular formula is C16H22N8O16P3-3. The molecule has 1 aliphatic carbocycles. The summed E-state index contributed by atoms with van der Waals surface area (Å²) in [6.07, 6.45) is -7.06. The highest BCUT2D eigenvalue weighted by Crippen LogP contribution is 2.61. The molecule has 11 atom stereocenters. The molecule has 2 aromatic rings. The minimum atomic E-state index is -6.22. The van der Waals surface area contributed by atoms with Gasteiger partial charge in [0.1, 0.15) is 48.4 Å². The molecule has 1 saturated carbocycles. The van der Waals surface area contributed by atoms with Crippen LogP contribution < -0.4 is 26.3 Å². The third kappa shape index (κ3) is 7.89. The summed E-state index contributed by atoms with van der Waals surface area (Å²) in [5.74, 6) is 5.29. The lowest BCUT2D eigenvalue weighted by Gasteiger charge is -2.38. The van der Waals surface area contributed by atoms with Crippen LogP contribution in [0.15, 0.2) is 23.0 Å². The fraction of sp³-hybridized carbons (Fsp3) is 0.688. The van der Waals surface area contributed by atoms with Gasteiger partial charge in [-0.3, -0.25) is 23.1 Å². The van der Waals surface area contributed by atoms with E-state index in [0.717, 1.165) is 12.7 Å². The van der Waals surface area contributed by atoms with Crippen LogP contribution >= 0.6 is 23.5 Å². The van der Waals surface area contributed by atoms with E-state index < -0.39 is 78.9 Å². The van der Waals surface area contributed by atoms with Crippen LogP contribution in [0.25, 0.3) is 11.2 Å².